The molecule has 4 fully saturated rings. The van der Waals surface area contributed by atoms with E-state index in [0.29, 0.717) is 5.41 Å². The molecule has 0 amide bonds. The van der Waals surface area contributed by atoms with E-state index >= 15 is 0 Å². The second-order valence-electron chi connectivity index (χ2n) is 7.68. The molecule has 2 aliphatic heterocycles. The maximum Gasteiger partial charge on any atom is 0.110 e. The molecule has 17 heavy (non-hydrogen) atoms. The van der Waals surface area contributed by atoms with Crippen molar-refractivity contribution in [3.05, 3.63) is 0 Å². The Hall–Kier alpha value is -0.0800. The van der Waals surface area contributed by atoms with Crippen molar-refractivity contribution >= 4 is 0 Å². The van der Waals surface area contributed by atoms with Gasteiger partial charge in [0, 0.05) is 5.41 Å². The molecule has 2 heteroatoms. The number of hydrogen-bond donors (Lipinski definition) is 0. The van der Waals surface area contributed by atoms with Crippen LogP contribution in [0.4, 0.5) is 0 Å². The standard InChI is InChI=1S/C15H26O2/c1-12(2)6-5-7-14(12,4)15-10-8-13(3,9-11-15)16-17-15/h5-11H2,1-4H3. The van der Waals surface area contributed by atoms with Crippen molar-refractivity contribution in [3.8, 4) is 0 Å². The first-order chi connectivity index (χ1) is 7.83. The number of rotatable bonds is 1. The van der Waals surface area contributed by atoms with Gasteiger partial charge in [0.1, 0.15) is 11.2 Å². The van der Waals surface area contributed by atoms with E-state index in [-0.39, 0.29) is 16.6 Å². The highest BCUT2D eigenvalue weighted by atomic mass is 17.2. The maximum atomic E-state index is 5.99. The van der Waals surface area contributed by atoms with Crippen LogP contribution in [-0.4, -0.2) is 11.2 Å². The zero-order valence-corrected chi connectivity index (χ0v) is 11.8. The fourth-order valence-corrected chi connectivity index (χ4v) is 4.52. The molecular formula is C15H26O2. The molecule has 1 atom stereocenters. The zero-order valence-electron chi connectivity index (χ0n) is 11.8. The Labute approximate surface area is 105 Å². The van der Waals surface area contributed by atoms with Crippen molar-refractivity contribution in [2.24, 2.45) is 10.8 Å². The lowest BCUT2D eigenvalue weighted by Crippen LogP contribution is -2.62. The van der Waals surface area contributed by atoms with E-state index in [1.807, 2.05) is 0 Å². The Kier molecular flexibility index (Phi) is 2.30. The average Bonchev–Trinajstić information content (AvgIpc) is 2.56. The first-order valence-electron chi connectivity index (χ1n) is 7.20. The van der Waals surface area contributed by atoms with Crippen molar-refractivity contribution in [2.75, 3.05) is 0 Å². The van der Waals surface area contributed by atoms with Crippen molar-refractivity contribution in [2.45, 2.75) is 83.8 Å². The van der Waals surface area contributed by atoms with Gasteiger partial charge in [0.15, 0.2) is 0 Å². The van der Waals surface area contributed by atoms with Crippen LogP contribution in [0.2, 0.25) is 0 Å². The molecule has 0 aromatic carbocycles. The Morgan fingerprint density at radius 3 is 1.76 bits per heavy atom. The molecule has 0 radical (unpaired) electrons. The highest BCUT2D eigenvalue weighted by Gasteiger charge is 2.64. The second-order valence-corrected chi connectivity index (χ2v) is 7.68. The minimum absolute atomic E-state index is 0.000850. The molecule has 0 aromatic heterocycles. The van der Waals surface area contributed by atoms with Crippen LogP contribution in [0.15, 0.2) is 0 Å². The summed E-state index contributed by atoms with van der Waals surface area (Å²) in [4.78, 5) is 11.7. The monoisotopic (exact) mass is 238 g/mol. The molecule has 2 heterocycles. The zero-order chi connectivity index (χ0) is 12.4. The molecular weight excluding hydrogens is 212 g/mol. The molecule has 0 aromatic rings. The van der Waals surface area contributed by atoms with Gasteiger partial charge < -0.3 is 0 Å². The quantitative estimate of drug-likeness (QED) is 0.636. The Morgan fingerprint density at radius 1 is 0.706 bits per heavy atom. The molecule has 98 valence electrons. The summed E-state index contributed by atoms with van der Waals surface area (Å²) in [5.74, 6) is 0. The van der Waals surface area contributed by atoms with Crippen molar-refractivity contribution in [1.29, 1.82) is 0 Å². The van der Waals surface area contributed by atoms with Gasteiger partial charge in [-0.2, -0.15) is 0 Å². The van der Waals surface area contributed by atoms with Crippen LogP contribution in [0.25, 0.3) is 0 Å². The summed E-state index contributed by atoms with van der Waals surface area (Å²) in [6.07, 6.45) is 8.65. The molecule has 2 saturated heterocycles. The molecule has 2 bridgehead atoms. The first-order valence-corrected chi connectivity index (χ1v) is 7.20. The summed E-state index contributed by atoms with van der Waals surface area (Å²) >= 11 is 0. The molecule has 0 N–H and O–H groups in total. The Morgan fingerprint density at radius 2 is 1.35 bits per heavy atom. The highest BCUT2D eigenvalue weighted by molar-refractivity contribution is 5.11. The van der Waals surface area contributed by atoms with Gasteiger partial charge in [-0.15, -0.1) is 0 Å². The lowest BCUT2D eigenvalue weighted by atomic mass is 9.54. The molecule has 2 saturated carbocycles. The predicted molar refractivity (Wildman–Crippen MR) is 67.5 cm³/mol. The highest BCUT2D eigenvalue weighted by Crippen LogP contribution is 2.65. The summed E-state index contributed by atoms with van der Waals surface area (Å²) in [5.41, 5.74) is 0.648. The van der Waals surface area contributed by atoms with E-state index in [1.165, 1.54) is 44.9 Å². The summed E-state index contributed by atoms with van der Waals surface area (Å²) in [6, 6.07) is 0. The van der Waals surface area contributed by atoms with E-state index in [9.17, 15) is 0 Å². The van der Waals surface area contributed by atoms with E-state index in [4.69, 9.17) is 9.78 Å². The molecule has 0 spiro atoms. The van der Waals surface area contributed by atoms with Gasteiger partial charge in [-0.05, 0) is 50.9 Å². The van der Waals surface area contributed by atoms with Gasteiger partial charge in [-0.1, -0.05) is 27.2 Å². The van der Waals surface area contributed by atoms with Crippen LogP contribution < -0.4 is 0 Å². The fraction of sp³-hybridized carbons (Fsp3) is 1.00. The van der Waals surface area contributed by atoms with Gasteiger partial charge in [-0.3, -0.25) is 0 Å². The minimum atomic E-state index is -0.00917. The van der Waals surface area contributed by atoms with Crippen molar-refractivity contribution in [1.82, 2.24) is 0 Å². The summed E-state index contributed by atoms with van der Waals surface area (Å²) in [6.45, 7) is 9.47. The number of fused-ring (bicyclic) bond motifs is 3. The molecule has 1 unspecified atom stereocenters. The minimum Gasteiger partial charge on any atom is -0.230 e. The first kappa shape index (κ1) is 12.0. The van der Waals surface area contributed by atoms with E-state index < -0.39 is 0 Å². The predicted octanol–water partition coefficient (Wildman–Crippen LogP) is 4.24. The largest absolute Gasteiger partial charge is 0.230 e. The van der Waals surface area contributed by atoms with Gasteiger partial charge in [0.2, 0.25) is 0 Å². The summed E-state index contributed by atoms with van der Waals surface area (Å²) in [5, 5.41) is 0. The van der Waals surface area contributed by atoms with Crippen LogP contribution in [0.5, 0.6) is 0 Å². The SMILES string of the molecule is CC12CCC(C3(C)CCCC3(C)C)(CC1)OO2. The maximum absolute atomic E-state index is 5.99. The average molecular weight is 238 g/mol. The van der Waals surface area contributed by atoms with Crippen LogP contribution in [-0.2, 0) is 9.78 Å². The van der Waals surface area contributed by atoms with Crippen molar-refractivity contribution in [3.63, 3.8) is 0 Å². The third kappa shape index (κ3) is 1.40. The van der Waals surface area contributed by atoms with Gasteiger partial charge >= 0.3 is 0 Å². The Balaban J connectivity index is 1.94. The van der Waals surface area contributed by atoms with E-state index in [2.05, 4.69) is 27.7 Å². The van der Waals surface area contributed by atoms with E-state index in [0.717, 1.165) is 0 Å². The lowest BCUT2D eigenvalue weighted by molar-refractivity contribution is -0.486. The van der Waals surface area contributed by atoms with E-state index in [1.54, 1.807) is 0 Å². The topological polar surface area (TPSA) is 18.5 Å². The molecule has 4 rings (SSSR count). The Bertz CT molecular complexity index is 309. The van der Waals surface area contributed by atoms with Gasteiger partial charge in [0.05, 0.1) is 0 Å². The number of hydrogen-bond acceptors (Lipinski definition) is 2. The molecule has 4 aliphatic rings. The molecule has 2 nitrogen and oxygen atoms in total. The summed E-state index contributed by atoms with van der Waals surface area (Å²) in [7, 11) is 0. The second kappa shape index (κ2) is 3.27. The lowest BCUT2D eigenvalue weighted by Gasteiger charge is -2.60. The van der Waals surface area contributed by atoms with Crippen LogP contribution >= 0.6 is 0 Å². The van der Waals surface area contributed by atoms with Gasteiger partial charge in [0.25, 0.3) is 0 Å². The van der Waals surface area contributed by atoms with Gasteiger partial charge in [-0.25, -0.2) is 9.78 Å². The van der Waals surface area contributed by atoms with Crippen LogP contribution in [0, 0.1) is 10.8 Å². The normalized spacial score (nSPS) is 52.9. The third-order valence-corrected chi connectivity index (χ3v) is 6.50. The smallest absolute Gasteiger partial charge is 0.110 e. The van der Waals surface area contributed by atoms with Crippen LogP contribution in [0.1, 0.15) is 72.6 Å². The molecule has 2 aliphatic carbocycles. The fourth-order valence-electron chi connectivity index (χ4n) is 4.52. The van der Waals surface area contributed by atoms with Crippen LogP contribution in [0.3, 0.4) is 0 Å². The third-order valence-electron chi connectivity index (χ3n) is 6.50. The van der Waals surface area contributed by atoms with Crippen molar-refractivity contribution < 1.29 is 9.78 Å². The summed E-state index contributed by atoms with van der Waals surface area (Å²) < 4.78 is 0.